The van der Waals surface area contributed by atoms with Crippen molar-refractivity contribution in [3.63, 3.8) is 0 Å². The highest BCUT2D eigenvalue weighted by Gasteiger charge is 2.09. The normalized spacial score (nSPS) is 9.56. The Labute approximate surface area is 105 Å². The van der Waals surface area contributed by atoms with Gasteiger partial charge in [-0.15, -0.1) is 5.43 Å². The van der Waals surface area contributed by atoms with Crippen LogP contribution < -0.4 is 10.9 Å². The largest absolute Gasteiger partial charge is 0.293 e. The Morgan fingerprint density at radius 1 is 0.778 bits per heavy atom. The van der Waals surface area contributed by atoms with Crippen molar-refractivity contribution in [1.29, 1.82) is 0 Å². The van der Waals surface area contributed by atoms with Crippen molar-refractivity contribution in [3.05, 3.63) is 71.8 Å². The van der Waals surface area contributed by atoms with Gasteiger partial charge < -0.3 is 0 Å². The summed E-state index contributed by atoms with van der Waals surface area (Å²) in [5.41, 5.74) is 6.66. The number of hydrogen-bond acceptors (Lipinski definition) is 2. The SMILES string of the molecule is O=C([N]NC(=O)c1ccccc1)c1ccccc1. The van der Waals surface area contributed by atoms with Crippen molar-refractivity contribution < 1.29 is 9.59 Å². The van der Waals surface area contributed by atoms with Gasteiger partial charge in [0.15, 0.2) is 0 Å². The number of benzene rings is 2. The van der Waals surface area contributed by atoms with Crippen LogP contribution in [0.3, 0.4) is 0 Å². The second kappa shape index (κ2) is 5.63. The maximum absolute atomic E-state index is 11.6. The first-order chi connectivity index (χ1) is 8.77. The summed E-state index contributed by atoms with van der Waals surface area (Å²) in [7, 11) is 0. The first kappa shape index (κ1) is 11.9. The molecule has 1 radical (unpaired) electrons. The molecule has 2 aromatic rings. The molecule has 1 N–H and O–H groups in total. The molecule has 0 bridgehead atoms. The van der Waals surface area contributed by atoms with Crippen molar-refractivity contribution >= 4 is 11.8 Å². The predicted molar refractivity (Wildman–Crippen MR) is 66.8 cm³/mol. The zero-order valence-corrected chi connectivity index (χ0v) is 9.54. The fraction of sp³-hybridized carbons (Fsp3) is 0. The number of nitrogens with zero attached hydrogens (tertiary/aromatic N) is 1. The van der Waals surface area contributed by atoms with Gasteiger partial charge in [0.25, 0.3) is 11.8 Å². The lowest BCUT2D eigenvalue weighted by Gasteiger charge is -2.03. The maximum Gasteiger partial charge on any atom is 0.293 e. The van der Waals surface area contributed by atoms with E-state index in [2.05, 4.69) is 10.9 Å². The molecule has 0 aliphatic rings. The molecule has 2 rings (SSSR count). The van der Waals surface area contributed by atoms with Gasteiger partial charge in [-0.2, -0.15) is 0 Å². The summed E-state index contributed by atoms with van der Waals surface area (Å²) in [5.74, 6) is -0.875. The quantitative estimate of drug-likeness (QED) is 0.812. The summed E-state index contributed by atoms with van der Waals surface area (Å²) in [4.78, 5) is 23.2. The van der Waals surface area contributed by atoms with Crippen LogP contribution in [0.5, 0.6) is 0 Å². The van der Waals surface area contributed by atoms with Crippen LogP contribution in [0, 0.1) is 0 Å². The molecule has 0 aliphatic heterocycles. The van der Waals surface area contributed by atoms with Gasteiger partial charge in [0, 0.05) is 11.1 Å². The van der Waals surface area contributed by atoms with E-state index in [1.807, 2.05) is 6.07 Å². The van der Waals surface area contributed by atoms with E-state index in [-0.39, 0.29) is 0 Å². The third-order valence-corrected chi connectivity index (χ3v) is 2.32. The third kappa shape index (κ3) is 2.95. The minimum absolute atomic E-state index is 0.403. The van der Waals surface area contributed by atoms with Gasteiger partial charge in [-0.05, 0) is 24.3 Å². The van der Waals surface area contributed by atoms with Crippen LogP contribution in [0.2, 0.25) is 0 Å². The molecule has 18 heavy (non-hydrogen) atoms. The van der Waals surface area contributed by atoms with Crippen LogP contribution in [0.25, 0.3) is 0 Å². The molecule has 0 saturated carbocycles. The van der Waals surface area contributed by atoms with Crippen LogP contribution in [0.15, 0.2) is 60.7 Å². The molecule has 0 unspecified atom stereocenters. The maximum atomic E-state index is 11.6. The molecule has 0 aliphatic carbocycles. The van der Waals surface area contributed by atoms with E-state index in [1.54, 1.807) is 54.6 Å². The first-order valence-corrected chi connectivity index (χ1v) is 5.43. The Morgan fingerprint density at radius 3 is 1.83 bits per heavy atom. The number of carbonyl (C=O) groups is 2. The molecule has 2 amide bonds. The minimum Gasteiger partial charge on any atom is -0.267 e. The zero-order chi connectivity index (χ0) is 12.8. The molecule has 4 nitrogen and oxygen atoms in total. The summed E-state index contributed by atoms with van der Waals surface area (Å²) < 4.78 is 0. The first-order valence-electron chi connectivity index (χ1n) is 5.43. The van der Waals surface area contributed by atoms with Crippen LogP contribution in [0.1, 0.15) is 20.7 Å². The number of nitrogens with one attached hydrogen (secondary N) is 1. The van der Waals surface area contributed by atoms with Gasteiger partial charge in [0.1, 0.15) is 0 Å². The number of rotatable bonds is 2. The highest BCUT2D eigenvalue weighted by molar-refractivity contribution is 5.98. The third-order valence-electron chi connectivity index (χ3n) is 2.32. The van der Waals surface area contributed by atoms with E-state index in [0.29, 0.717) is 11.1 Å². The lowest BCUT2D eigenvalue weighted by Crippen LogP contribution is -2.35. The molecular formula is C14H11N2O2. The predicted octanol–water partition coefficient (Wildman–Crippen LogP) is 1.78. The summed E-state index contributed by atoms with van der Waals surface area (Å²) in [6.07, 6.45) is 0. The second-order valence-corrected chi connectivity index (χ2v) is 3.59. The van der Waals surface area contributed by atoms with E-state index >= 15 is 0 Å². The molecule has 2 aromatic carbocycles. The van der Waals surface area contributed by atoms with Gasteiger partial charge in [0.05, 0.1) is 0 Å². The summed E-state index contributed by atoms with van der Waals surface area (Å²) in [5, 5.41) is 0. The highest BCUT2D eigenvalue weighted by Crippen LogP contribution is 1.99. The monoisotopic (exact) mass is 239 g/mol. The molecule has 0 saturated heterocycles. The molecule has 4 heteroatoms. The Balaban J connectivity index is 1.93. The van der Waals surface area contributed by atoms with Gasteiger partial charge in [-0.25, -0.2) is 5.43 Å². The molecule has 0 heterocycles. The standard InChI is InChI=1S/C14H11N2O2/c17-13(11-7-3-1-4-8-11)15-16-14(18)12-9-5-2-6-10-12/h1-10H,(H,15,17). The summed E-state index contributed by atoms with van der Waals surface area (Å²) >= 11 is 0. The van der Waals surface area contributed by atoms with E-state index in [9.17, 15) is 9.59 Å². The lowest BCUT2D eigenvalue weighted by atomic mass is 10.2. The lowest BCUT2D eigenvalue weighted by molar-refractivity contribution is 0.0841. The Bertz CT molecular complexity index is 487. The molecule has 0 aromatic heterocycles. The fourth-order valence-corrected chi connectivity index (χ4v) is 1.40. The Hall–Kier alpha value is -2.62. The average Bonchev–Trinajstić information content (AvgIpc) is 2.46. The molecule has 0 atom stereocenters. The molecule has 89 valence electrons. The van der Waals surface area contributed by atoms with E-state index in [1.165, 1.54) is 0 Å². The van der Waals surface area contributed by atoms with E-state index in [0.717, 1.165) is 0 Å². The average molecular weight is 239 g/mol. The molecular weight excluding hydrogens is 228 g/mol. The van der Waals surface area contributed by atoms with Crippen molar-refractivity contribution in [2.24, 2.45) is 0 Å². The van der Waals surface area contributed by atoms with Crippen LogP contribution in [-0.4, -0.2) is 11.8 Å². The number of carbonyl (C=O) groups excluding carboxylic acids is 2. The van der Waals surface area contributed by atoms with Crippen LogP contribution in [0.4, 0.5) is 0 Å². The van der Waals surface area contributed by atoms with Crippen LogP contribution >= 0.6 is 0 Å². The van der Waals surface area contributed by atoms with Crippen molar-refractivity contribution in [3.8, 4) is 0 Å². The number of amides is 2. The van der Waals surface area contributed by atoms with E-state index in [4.69, 9.17) is 0 Å². The van der Waals surface area contributed by atoms with Gasteiger partial charge in [0.2, 0.25) is 0 Å². The van der Waals surface area contributed by atoms with Crippen molar-refractivity contribution in [2.45, 2.75) is 0 Å². The van der Waals surface area contributed by atoms with Gasteiger partial charge in [-0.3, -0.25) is 9.59 Å². The fourth-order valence-electron chi connectivity index (χ4n) is 1.40. The number of hydrogen-bond donors (Lipinski definition) is 1. The second-order valence-electron chi connectivity index (χ2n) is 3.59. The minimum atomic E-state index is -0.472. The summed E-state index contributed by atoms with van der Waals surface area (Å²) in [6.45, 7) is 0. The Kier molecular flexibility index (Phi) is 3.71. The van der Waals surface area contributed by atoms with Crippen molar-refractivity contribution in [2.75, 3.05) is 0 Å². The zero-order valence-electron chi connectivity index (χ0n) is 9.54. The van der Waals surface area contributed by atoms with Crippen LogP contribution in [-0.2, 0) is 0 Å². The molecule has 0 fully saturated rings. The van der Waals surface area contributed by atoms with Gasteiger partial charge >= 0.3 is 0 Å². The summed E-state index contributed by atoms with van der Waals surface area (Å²) in [6, 6.07) is 17.2. The highest BCUT2D eigenvalue weighted by atomic mass is 16.2. The smallest absolute Gasteiger partial charge is 0.267 e. The van der Waals surface area contributed by atoms with Gasteiger partial charge in [-0.1, -0.05) is 36.4 Å². The van der Waals surface area contributed by atoms with E-state index < -0.39 is 11.8 Å². The molecule has 0 spiro atoms. The van der Waals surface area contributed by atoms with Crippen molar-refractivity contribution in [1.82, 2.24) is 10.9 Å². The Morgan fingerprint density at radius 2 is 1.28 bits per heavy atom. The topological polar surface area (TPSA) is 60.3 Å².